The number of amides is 6. The fourth-order valence-corrected chi connectivity index (χ4v) is 10.5. The second-order valence-electron chi connectivity index (χ2n) is 20.4. The molecule has 0 radical (unpaired) electrons. The van der Waals surface area contributed by atoms with Crippen LogP contribution in [0.2, 0.25) is 0 Å². The van der Waals surface area contributed by atoms with Crippen molar-refractivity contribution in [3.05, 3.63) is 11.6 Å². The number of aliphatic carboxylic acids is 1. The first-order valence-corrected chi connectivity index (χ1v) is 29.7. The number of ether oxygens (including phenoxy) is 4. The summed E-state index contributed by atoms with van der Waals surface area (Å²) in [7, 11) is -11.3. The molecule has 19 atom stereocenters. The smallest absolute Gasteiger partial charge is 0.480 e. The molecule has 34 heteroatoms. The predicted octanol–water partition coefficient (Wildman–Crippen LogP) is -2.78. The van der Waals surface area contributed by atoms with Gasteiger partial charge in [0.2, 0.25) is 35.4 Å². The van der Waals surface area contributed by atoms with Crippen molar-refractivity contribution in [1.29, 1.82) is 0 Å². The predicted molar refractivity (Wildman–Crippen MR) is 286 cm³/mol. The largest absolute Gasteiger partial charge is 0.483 e. The van der Waals surface area contributed by atoms with Crippen LogP contribution in [-0.4, -0.2) is 206 Å². The number of carboxylic acid groups (broad SMARTS) is 1. The third-order valence-corrected chi connectivity index (χ3v) is 15.5. The summed E-state index contributed by atoms with van der Waals surface area (Å²) in [4.78, 5) is 125. The van der Waals surface area contributed by atoms with Crippen LogP contribution in [0.5, 0.6) is 0 Å². The molecule has 6 amide bonds. The van der Waals surface area contributed by atoms with Crippen molar-refractivity contribution in [2.24, 2.45) is 17.4 Å². The minimum atomic E-state index is -5.84. The average molecular weight is 1220 g/mol. The molecular weight excluding hydrogens is 1130 g/mol. The number of rotatable bonds is 36. The number of aliphatic hydroxyl groups is 4. The molecule has 2 saturated heterocycles. The molecule has 2 aliphatic heterocycles. The highest BCUT2D eigenvalue weighted by Crippen LogP contribution is 2.61. The zero-order chi connectivity index (χ0) is 62.4. The van der Waals surface area contributed by atoms with Crippen molar-refractivity contribution in [2.45, 2.75) is 211 Å². The molecule has 0 bridgehead atoms. The van der Waals surface area contributed by atoms with E-state index in [0.29, 0.717) is 25.7 Å². The van der Waals surface area contributed by atoms with E-state index in [4.69, 9.17) is 39.5 Å². The van der Waals surface area contributed by atoms with Crippen LogP contribution in [0, 0.1) is 5.92 Å². The van der Waals surface area contributed by atoms with Gasteiger partial charge in [0.1, 0.15) is 72.9 Å². The van der Waals surface area contributed by atoms with E-state index in [1.54, 1.807) is 0 Å². The number of nitrogens with one attached hydrogen (secondary N) is 6. The monoisotopic (exact) mass is 1220 g/mol. The van der Waals surface area contributed by atoms with E-state index in [9.17, 15) is 82.8 Å². The number of phosphoric ester groups is 2. The number of ketones is 1. The van der Waals surface area contributed by atoms with Gasteiger partial charge >= 0.3 is 21.6 Å². The second kappa shape index (κ2) is 35.1. The molecule has 0 aromatic heterocycles. The highest BCUT2D eigenvalue weighted by molar-refractivity contribution is 7.61. The third-order valence-electron chi connectivity index (χ3n) is 12.8. The first kappa shape index (κ1) is 73.7. The molecule has 82 heavy (non-hydrogen) atoms. The maximum atomic E-state index is 14.1. The number of nitrogens with two attached hydrogens (primary N) is 2. The number of Topliss-reactive ketones (excluding diaryl/α,β-unsaturated/α-hetero) is 1. The molecule has 0 aromatic rings. The fourth-order valence-electron chi connectivity index (χ4n) is 8.38. The molecule has 17 N–H and O–H groups in total. The SMILES string of the molecule is CC(=O)N[C@H]1[C@H](O[C@H]2[C@H](OC(C)C(=O)[C@H](C)NC(=O)CC[C@@H](NC(=O)[C@H](CCCCN)NC(=O)[C@@H](C)NC(=O)[C@@H](C)N)C(=O)O)[C@@H](NC(C)=O)[C@@H](OP(=O)(O)OP(=O)(O)OCCC(C)CCC=C(C)C)O[C@@H]2CO)O[C@H](CO)[C@@H](O)[C@@H]1O. The van der Waals surface area contributed by atoms with Gasteiger partial charge in [0.25, 0.3) is 0 Å². The van der Waals surface area contributed by atoms with Gasteiger partial charge in [-0.2, -0.15) is 4.31 Å². The zero-order valence-electron chi connectivity index (χ0n) is 47.5. The standard InChI is InChI=1S/C48H86N8O24P2/c1-23(2)13-12-14-24(3)18-20-74-81(70,71)80-82(72,73)79-48-37(54-30(9)60)42(41(34(22-58)77-48)78-47-36(53-29(8)59)40(64)39(63)33(21-57)76-47)75-28(7)38(62)26(5)51-35(61)17-16-32(46(68)69)56-45(67)31(15-10-11-19-49)55-44(66)27(6)52-43(65)25(4)50/h13,24-28,31-34,36-37,39-42,47-48,57-58,63-64H,10-12,14-22,49-50H2,1-9H3,(H,51,61)(H,52,65)(H,53,59)(H,54,60)(H,55,66)(H,56,67)(H,68,69)(H,70,71)(H,72,73)/t24?,25-,26+,27-,28?,31+,32-,33-,34-,36-,37-,39-,40-,41-,42-,47+,48-/m1/s1. The van der Waals surface area contributed by atoms with Crippen LogP contribution in [0.4, 0.5) is 0 Å². The summed E-state index contributed by atoms with van der Waals surface area (Å²) >= 11 is 0. The lowest BCUT2D eigenvalue weighted by molar-refractivity contribution is -0.331. The third kappa shape index (κ3) is 25.0. The molecule has 4 unspecified atom stereocenters. The lowest BCUT2D eigenvalue weighted by Crippen LogP contribution is -2.70. The molecule has 2 fully saturated rings. The average Bonchev–Trinajstić information content (AvgIpc) is 3.46. The van der Waals surface area contributed by atoms with Gasteiger partial charge in [-0.1, -0.05) is 18.6 Å². The Hall–Kier alpha value is -4.44. The summed E-state index contributed by atoms with van der Waals surface area (Å²) in [5, 5.41) is 66.7. The molecular formula is C48H86N8O24P2. The Balaban J connectivity index is 2.47. The van der Waals surface area contributed by atoms with Gasteiger partial charge in [0, 0.05) is 20.3 Å². The Morgan fingerprint density at radius 2 is 1.28 bits per heavy atom. The molecule has 2 aliphatic rings. The number of hydrogen-bond acceptors (Lipinski definition) is 23. The van der Waals surface area contributed by atoms with Gasteiger partial charge in [-0.3, -0.25) is 42.6 Å². The van der Waals surface area contributed by atoms with Crippen molar-refractivity contribution in [2.75, 3.05) is 26.4 Å². The quantitative estimate of drug-likeness (QED) is 0.0171. The zero-order valence-corrected chi connectivity index (χ0v) is 49.3. The van der Waals surface area contributed by atoms with Crippen molar-refractivity contribution in [3.63, 3.8) is 0 Å². The lowest BCUT2D eigenvalue weighted by Gasteiger charge is -2.49. The highest BCUT2D eigenvalue weighted by atomic mass is 31.3. The van der Waals surface area contributed by atoms with E-state index in [1.807, 2.05) is 26.8 Å². The summed E-state index contributed by atoms with van der Waals surface area (Å²) in [5.74, 6) is -7.57. The Morgan fingerprint density at radius 3 is 1.84 bits per heavy atom. The molecule has 32 nitrogen and oxygen atoms in total. The van der Waals surface area contributed by atoms with E-state index < -0.39 is 193 Å². The van der Waals surface area contributed by atoms with Crippen molar-refractivity contribution in [1.82, 2.24) is 31.9 Å². The Kier molecular flexibility index (Phi) is 31.5. The van der Waals surface area contributed by atoms with Gasteiger partial charge < -0.3 is 97.6 Å². The van der Waals surface area contributed by atoms with E-state index in [1.165, 1.54) is 20.8 Å². The van der Waals surface area contributed by atoms with E-state index >= 15 is 0 Å². The summed E-state index contributed by atoms with van der Waals surface area (Å²) in [5.41, 5.74) is 12.2. The van der Waals surface area contributed by atoms with Crippen LogP contribution >= 0.6 is 15.6 Å². The van der Waals surface area contributed by atoms with Gasteiger partial charge in [-0.05, 0) is 99.0 Å². The first-order valence-electron chi connectivity index (χ1n) is 26.7. The van der Waals surface area contributed by atoms with Crippen molar-refractivity contribution < 1.29 is 115 Å². The summed E-state index contributed by atoms with van der Waals surface area (Å²) < 4.78 is 65.2. The maximum Gasteiger partial charge on any atom is 0.483 e. The van der Waals surface area contributed by atoms with Crippen molar-refractivity contribution in [3.8, 4) is 0 Å². The normalized spacial score (nSPS) is 26.7. The molecule has 0 aromatic carbocycles. The molecule has 0 spiro atoms. The minimum Gasteiger partial charge on any atom is -0.480 e. The van der Waals surface area contributed by atoms with E-state index in [-0.39, 0.29) is 25.3 Å². The topological polar surface area (TPSA) is 501 Å². The van der Waals surface area contributed by atoms with E-state index in [0.717, 1.165) is 26.3 Å². The van der Waals surface area contributed by atoms with E-state index in [2.05, 4.69) is 36.2 Å². The van der Waals surface area contributed by atoms with Crippen LogP contribution in [0.3, 0.4) is 0 Å². The maximum absolute atomic E-state index is 14.1. The van der Waals surface area contributed by atoms with Crippen molar-refractivity contribution >= 4 is 62.8 Å². The minimum absolute atomic E-state index is 0.00976. The van der Waals surface area contributed by atoms with Crippen LogP contribution in [0.1, 0.15) is 114 Å². The number of hydrogen-bond donors (Lipinski definition) is 15. The number of carboxylic acids is 1. The first-order chi connectivity index (χ1) is 38.2. The van der Waals surface area contributed by atoms with Crippen LogP contribution < -0.4 is 43.4 Å². The van der Waals surface area contributed by atoms with Crippen LogP contribution in [-0.2, 0) is 79.8 Å². The summed E-state index contributed by atoms with van der Waals surface area (Å²) in [6.07, 6.45) is -13.7. The number of aliphatic hydroxyl groups excluding tert-OH is 4. The summed E-state index contributed by atoms with van der Waals surface area (Å²) in [6.45, 7) is 10.5. The molecule has 0 aliphatic carbocycles. The van der Waals surface area contributed by atoms with Crippen LogP contribution in [0.15, 0.2) is 11.6 Å². The Bertz CT molecular complexity index is 2260. The second-order valence-corrected chi connectivity index (χ2v) is 23.4. The number of carbonyl (C=O) groups excluding carboxylic acids is 7. The number of carbonyl (C=O) groups is 8. The number of unbranched alkanes of at least 4 members (excludes halogenated alkanes) is 1. The molecule has 472 valence electrons. The molecule has 2 heterocycles. The Labute approximate surface area is 475 Å². The van der Waals surface area contributed by atoms with Gasteiger partial charge in [0.05, 0.1) is 31.9 Å². The number of allylic oxidation sites excluding steroid dienone is 2. The molecule has 0 saturated carbocycles. The fraction of sp³-hybridized carbons (Fsp3) is 0.792. The number of phosphoric acid groups is 2. The van der Waals surface area contributed by atoms with Gasteiger partial charge in [0.15, 0.2) is 18.4 Å². The molecule has 2 rings (SSSR count). The van der Waals surface area contributed by atoms with Gasteiger partial charge in [-0.15, -0.1) is 0 Å². The Morgan fingerprint density at radius 1 is 0.683 bits per heavy atom. The summed E-state index contributed by atoms with van der Waals surface area (Å²) in [6, 6.07) is -10.2. The van der Waals surface area contributed by atoms with Gasteiger partial charge in [-0.25, -0.2) is 13.9 Å². The van der Waals surface area contributed by atoms with Crippen LogP contribution in [0.25, 0.3) is 0 Å². The lowest BCUT2D eigenvalue weighted by atomic mass is 9.94. The highest BCUT2D eigenvalue weighted by Gasteiger charge is 2.55.